The fourth-order valence-corrected chi connectivity index (χ4v) is 2.54. The molecule has 0 saturated carbocycles. The normalized spacial score (nSPS) is 11.9. The van der Waals surface area contributed by atoms with Crippen LogP contribution in [0, 0.1) is 5.41 Å². The van der Waals surface area contributed by atoms with Crippen molar-refractivity contribution in [2.75, 3.05) is 0 Å². The molecule has 1 N–H and O–H groups in total. The molecule has 3 nitrogen and oxygen atoms in total. The largest absolute Gasteiger partial charge is 0.323 e. The topological polar surface area (TPSA) is 45.8 Å². The number of nitrogens with one attached hydrogen (secondary N) is 1. The third-order valence-electron chi connectivity index (χ3n) is 2.05. The fraction of sp³-hybridized carbons (Fsp3) is 0.833. The molecule has 1 rings (SSSR count). The van der Waals surface area contributed by atoms with Crippen LogP contribution in [0.1, 0.15) is 60.7 Å². The quantitative estimate of drug-likeness (QED) is 0.864. The van der Waals surface area contributed by atoms with Gasteiger partial charge in [0.1, 0.15) is 5.82 Å². The third-order valence-corrected chi connectivity index (χ3v) is 2.60. The van der Waals surface area contributed by atoms with Crippen LogP contribution in [-0.4, -0.2) is 9.36 Å². The van der Waals surface area contributed by atoms with Crippen LogP contribution in [0.5, 0.6) is 0 Å². The first-order valence-corrected chi connectivity index (χ1v) is 6.54. The SMILES string of the molecule is CC.CC(C)(C)CC(C)(C)c1nsc(=O)[nH]1. The zero-order valence-corrected chi connectivity index (χ0v) is 12.3. The molecular formula is C12H24N2OS. The zero-order valence-electron chi connectivity index (χ0n) is 11.5. The molecule has 0 amide bonds. The van der Waals surface area contributed by atoms with Crippen LogP contribution in [0.25, 0.3) is 0 Å². The van der Waals surface area contributed by atoms with Crippen LogP contribution < -0.4 is 4.87 Å². The van der Waals surface area contributed by atoms with Gasteiger partial charge in [0, 0.05) is 16.9 Å². The molecule has 0 radical (unpaired) electrons. The first-order chi connectivity index (χ1) is 7.21. The van der Waals surface area contributed by atoms with Gasteiger partial charge in [0.15, 0.2) is 0 Å². The summed E-state index contributed by atoms with van der Waals surface area (Å²) < 4.78 is 4.15. The highest BCUT2D eigenvalue weighted by atomic mass is 32.1. The Hall–Kier alpha value is -0.640. The van der Waals surface area contributed by atoms with Gasteiger partial charge < -0.3 is 0 Å². The minimum atomic E-state index is -0.0676. The molecule has 1 aromatic rings. The highest BCUT2D eigenvalue weighted by Crippen LogP contribution is 2.34. The van der Waals surface area contributed by atoms with Crippen molar-refractivity contribution >= 4 is 11.5 Å². The number of hydrogen-bond donors (Lipinski definition) is 1. The Morgan fingerprint density at radius 3 is 2.00 bits per heavy atom. The second kappa shape index (κ2) is 5.62. The summed E-state index contributed by atoms with van der Waals surface area (Å²) >= 11 is 0.996. The molecule has 1 aromatic heterocycles. The number of H-pyrrole nitrogens is 1. The van der Waals surface area contributed by atoms with Crippen molar-refractivity contribution in [3.63, 3.8) is 0 Å². The summed E-state index contributed by atoms with van der Waals surface area (Å²) in [7, 11) is 0. The maximum absolute atomic E-state index is 11.0. The molecule has 0 saturated heterocycles. The summed E-state index contributed by atoms with van der Waals surface area (Å²) in [6.45, 7) is 14.8. The zero-order chi connectivity index (χ0) is 13.0. The van der Waals surface area contributed by atoms with Crippen molar-refractivity contribution in [2.45, 2.75) is 60.3 Å². The van der Waals surface area contributed by atoms with Crippen molar-refractivity contribution in [1.82, 2.24) is 9.36 Å². The predicted octanol–water partition coefficient (Wildman–Crippen LogP) is 3.57. The minimum absolute atomic E-state index is 0.0581. The molecule has 0 unspecified atom stereocenters. The summed E-state index contributed by atoms with van der Waals surface area (Å²) in [6.07, 6.45) is 1.000. The van der Waals surface area contributed by atoms with E-state index in [0.29, 0.717) is 0 Å². The molecule has 0 aliphatic carbocycles. The van der Waals surface area contributed by atoms with E-state index in [-0.39, 0.29) is 15.7 Å². The molecule has 0 bridgehead atoms. The van der Waals surface area contributed by atoms with Gasteiger partial charge >= 0.3 is 4.87 Å². The van der Waals surface area contributed by atoms with Gasteiger partial charge in [-0.05, 0) is 11.8 Å². The molecular weight excluding hydrogens is 220 g/mol. The van der Waals surface area contributed by atoms with Crippen molar-refractivity contribution in [3.8, 4) is 0 Å². The van der Waals surface area contributed by atoms with E-state index < -0.39 is 0 Å². The van der Waals surface area contributed by atoms with Crippen LogP contribution in [0.2, 0.25) is 0 Å². The van der Waals surface area contributed by atoms with Crippen molar-refractivity contribution in [2.24, 2.45) is 5.41 Å². The Morgan fingerprint density at radius 1 is 1.19 bits per heavy atom. The van der Waals surface area contributed by atoms with E-state index in [0.717, 1.165) is 23.8 Å². The Balaban J connectivity index is 0.00000106. The molecule has 1 heterocycles. The van der Waals surface area contributed by atoms with Gasteiger partial charge in [0.25, 0.3) is 0 Å². The Labute approximate surface area is 102 Å². The second-order valence-electron chi connectivity index (χ2n) is 5.56. The van der Waals surface area contributed by atoms with Gasteiger partial charge in [-0.25, -0.2) is 0 Å². The van der Waals surface area contributed by atoms with E-state index in [9.17, 15) is 4.79 Å². The number of rotatable bonds is 2. The number of aromatic amines is 1. The highest BCUT2D eigenvalue weighted by molar-refractivity contribution is 7.02. The smallest absolute Gasteiger partial charge is 0.299 e. The molecule has 0 spiro atoms. The molecule has 16 heavy (non-hydrogen) atoms. The van der Waals surface area contributed by atoms with Gasteiger partial charge in [-0.1, -0.05) is 48.5 Å². The Kier molecular flexibility index (Phi) is 5.39. The fourth-order valence-electron chi connectivity index (χ4n) is 1.93. The van der Waals surface area contributed by atoms with Gasteiger partial charge in [0.2, 0.25) is 0 Å². The molecule has 0 fully saturated rings. The van der Waals surface area contributed by atoms with Gasteiger partial charge in [-0.15, -0.1) is 0 Å². The van der Waals surface area contributed by atoms with Crippen molar-refractivity contribution < 1.29 is 0 Å². The van der Waals surface area contributed by atoms with Gasteiger partial charge in [0.05, 0.1) is 0 Å². The monoisotopic (exact) mass is 244 g/mol. The van der Waals surface area contributed by atoms with Gasteiger partial charge in [-0.2, -0.15) is 4.37 Å². The molecule has 4 heteroatoms. The summed E-state index contributed by atoms with van der Waals surface area (Å²) in [4.78, 5) is 13.7. The summed E-state index contributed by atoms with van der Waals surface area (Å²) in [6, 6.07) is 0. The van der Waals surface area contributed by atoms with E-state index in [1.54, 1.807) is 0 Å². The number of aromatic nitrogens is 2. The first-order valence-electron chi connectivity index (χ1n) is 5.77. The molecule has 0 aliphatic heterocycles. The van der Waals surface area contributed by atoms with Crippen LogP contribution in [0.15, 0.2) is 4.79 Å². The van der Waals surface area contributed by atoms with Crippen LogP contribution in [0.4, 0.5) is 0 Å². The van der Waals surface area contributed by atoms with Crippen LogP contribution in [-0.2, 0) is 5.41 Å². The number of hydrogen-bond acceptors (Lipinski definition) is 3. The van der Waals surface area contributed by atoms with E-state index in [1.807, 2.05) is 13.8 Å². The Morgan fingerprint density at radius 2 is 1.69 bits per heavy atom. The third kappa shape index (κ3) is 4.92. The summed E-state index contributed by atoms with van der Waals surface area (Å²) in [5.41, 5.74) is 0.182. The van der Waals surface area contributed by atoms with E-state index >= 15 is 0 Å². The molecule has 0 aromatic carbocycles. The van der Waals surface area contributed by atoms with E-state index in [2.05, 4.69) is 44.0 Å². The molecule has 0 aliphatic rings. The second-order valence-corrected chi connectivity index (χ2v) is 6.30. The van der Waals surface area contributed by atoms with Crippen molar-refractivity contribution in [1.29, 1.82) is 0 Å². The van der Waals surface area contributed by atoms with Crippen LogP contribution in [0.3, 0.4) is 0 Å². The standard InChI is InChI=1S/C10H18N2OS.C2H6/c1-9(2,3)6-10(4,5)7-11-8(13)14-12-7;1-2/h6H2,1-5H3,(H,11,12,13);1-2H3. The first kappa shape index (κ1) is 15.4. The lowest BCUT2D eigenvalue weighted by Gasteiger charge is -2.30. The minimum Gasteiger partial charge on any atom is -0.299 e. The lowest BCUT2D eigenvalue weighted by molar-refractivity contribution is 0.276. The number of nitrogens with zero attached hydrogens (tertiary/aromatic N) is 1. The van der Waals surface area contributed by atoms with E-state index in [4.69, 9.17) is 0 Å². The van der Waals surface area contributed by atoms with Crippen LogP contribution >= 0.6 is 11.5 Å². The summed E-state index contributed by atoms with van der Waals surface area (Å²) in [5, 5.41) is 0. The van der Waals surface area contributed by atoms with E-state index in [1.165, 1.54) is 0 Å². The lowest BCUT2D eigenvalue weighted by Crippen LogP contribution is -2.26. The molecule has 94 valence electrons. The van der Waals surface area contributed by atoms with Gasteiger partial charge in [-0.3, -0.25) is 9.78 Å². The molecule has 0 atom stereocenters. The average Bonchev–Trinajstić information content (AvgIpc) is 2.52. The van der Waals surface area contributed by atoms with Crippen molar-refractivity contribution in [3.05, 3.63) is 15.5 Å². The highest BCUT2D eigenvalue weighted by Gasteiger charge is 2.29. The lowest BCUT2D eigenvalue weighted by atomic mass is 9.76. The maximum Gasteiger partial charge on any atom is 0.323 e. The predicted molar refractivity (Wildman–Crippen MR) is 71.2 cm³/mol. The summed E-state index contributed by atoms with van der Waals surface area (Å²) in [5.74, 6) is 0.808. The maximum atomic E-state index is 11.0. The average molecular weight is 244 g/mol. The Bertz CT molecular complexity index is 358.